The van der Waals surface area contributed by atoms with Crippen molar-refractivity contribution in [3.8, 4) is 0 Å². The minimum Gasteiger partial charge on any atom is -0.462 e. The van der Waals surface area contributed by atoms with E-state index in [1.54, 1.807) is 13.0 Å². The van der Waals surface area contributed by atoms with Crippen LogP contribution in [0, 0.1) is 15.9 Å². The van der Waals surface area contributed by atoms with Gasteiger partial charge in [-0.05, 0) is 31.5 Å². The summed E-state index contributed by atoms with van der Waals surface area (Å²) in [5.41, 5.74) is 0.0519. The van der Waals surface area contributed by atoms with Gasteiger partial charge in [-0.3, -0.25) is 10.1 Å². The van der Waals surface area contributed by atoms with Gasteiger partial charge in [0.05, 0.1) is 23.2 Å². The van der Waals surface area contributed by atoms with Crippen LogP contribution in [0.5, 0.6) is 0 Å². The average molecular weight is 352 g/mol. The highest BCUT2D eigenvalue weighted by molar-refractivity contribution is 7.16. The third-order valence-electron chi connectivity index (χ3n) is 3.18. The number of esters is 1. The van der Waals surface area contributed by atoms with Gasteiger partial charge in [0.25, 0.3) is 5.69 Å². The SMILES string of the molecule is CCCc1cc(C(=O)OCC)c(Nc2ccc(F)cc2[N+](=O)[O-])s1. The molecular formula is C16H17FN2O4S. The Morgan fingerprint density at radius 1 is 1.38 bits per heavy atom. The molecular weight excluding hydrogens is 335 g/mol. The van der Waals surface area contributed by atoms with E-state index in [4.69, 9.17) is 4.74 Å². The van der Waals surface area contributed by atoms with Crippen molar-refractivity contribution in [1.82, 2.24) is 0 Å². The number of aryl methyl sites for hydroxylation is 1. The molecule has 2 aromatic rings. The van der Waals surface area contributed by atoms with Crippen LogP contribution in [-0.4, -0.2) is 17.5 Å². The minimum atomic E-state index is -0.698. The molecule has 1 aromatic heterocycles. The Labute approximate surface area is 142 Å². The van der Waals surface area contributed by atoms with Crippen LogP contribution in [0.1, 0.15) is 35.5 Å². The Morgan fingerprint density at radius 2 is 2.12 bits per heavy atom. The lowest BCUT2D eigenvalue weighted by molar-refractivity contribution is -0.384. The van der Waals surface area contributed by atoms with Crippen molar-refractivity contribution in [2.45, 2.75) is 26.7 Å². The predicted octanol–water partition coefficient (Wildman–Crippen LogP) is 4.67. The fraction of sp³-hybridized carbons (Fsp3) is 0.312. The van der Waals surface area contributed by atoms with E-state index in [1.807, 2.05) is 6.92 Å². The standard InChI is InChI=1S/C16H17FN2O4S/c1-3-5-11-9-12(16(20)23-4-2)15(24-11)18-13-7-6-10(17)8-14(13)19(21)22/h6-9,18H,3-5H2,1-2H3. The second-order valence-corrected chi connectivity index (χ2v) is 6.11. The molecule has 0 spiro atoms. The Hall–Kier alpha value is -2.48. The number of anilines is 2. The molecule has 6 nitrogen and oxygen atoms in total. The number of carbonyl (C=O) groups excluding carboxylic acids is 1. The van der Waals surface area contributed by atoms with E-state index in [2.05, 4.69) is 5.32 Å². The number of hydrogen-bond acceptors (Lipinski definition) is 6. The van der Waals surface area contributed by atoms with Gasteiger partial charge in [-0.1, -0.05) is 13.3 Å². The van der Waals surface area contributed by atoms with Crippen molar-refractivity contribution < 1.29 is 18.8 Å². The van der Waals surface area contributed by atoms with Crippen LogP contribution >= 0.6 is 11.3 Å². The molecule has 0 amide bonds. The molecule has 128 valence electrons. The molecule has 2 rings (SSSR count). The van der Waals surface area contributed by atoms with Crippen LogP contribution in [-0.2, 0) is 11.2 Å². The summed E-state index contributed by atoms with van der Waals surface area (Å²) >= 11 is 1.33. The van der Waals surface area contributed by atoms with Crippen LogP contribution in [0.4, 0.5) is 20.8 Å². The fourth-order valence-corrected chi connectivity index (χ4v) is 3.31. The highest BCUT2D eigenvalue weighted by atomic mass is 32.1. The molecule has 0 aliphatic heterocycles. The molecule has 0 unspecified atom stereocenters. The van der Waals surface area contributed by atoms with E-state index in [0.717, 1.165) is 29.9 Å². The smallest absolute Gasteiger partial charge is 0.341 e. The monoisotopic (exact) mass is 352 g/mol. The topological polar surface area (TPSA) is 81.5 Å². The first-order chi connectivity index (χ1) is 11.5. The number of nitro benzene ring substituents is 1. The lowest BCUT2D eigenvalue weighted by atomic mass is 10.2. The van der Waals surface area contributed by atoms with Crippen LogP contribution < -0.4 is 5.32 Å². The van der Waals surface area contributed by atoms with Gasteiger partial charge in [0.1, 0.15) is 16.5 Å². The summed E-state index contributed by atoms with van der Waals surface area (Å²) in [4.78, 5) is 23.5. The highest BCUT2D eigenvalue weighted by Gasteiger charge is 2.21. The van der Waals surface area contributed by atoms with Gasteiger partial charge in [-0.2, -0.15) is 0 Å². The number of carbonyl (C=O) groups is 1. The van der Waals surface area contributed by atoms with E-state index >= 15 is 0 Å². The molecule has 0 atom stereocenters. The van der Waals surface area contributed by atoms with Crippen LogP contribution in [0.3, 0.4) is 0 Å². The van der Waals surface area contributed by atoms with Gasteiger partial charge in [0.15, 0.2) is 0 Å². The molecule has 0 radical (unpaired) electrons. The molecule has 0 aliphatic rings. The number of ether oxygens (including phenoxy) is 1. The second kappa shape index (κ2) is 7.87. The number of nitrogens with one attached hydrogen (secondary N) is 1. The van der Waals surface area contributed by atoms with Gasteiger partial charge in [-0.15, -0.1) is 11.3 Å². The molecule has 0 bridgehead atoms. The van der Waals surface area contributed by atoms with Crippen molar-refractivity contribution in [3.05, 3.63) is 50.6 Å². The Balaban J connectivity index is 2.41. The number of nitrogens with zero attached hydrogens (tertiary/aromatic N) is 1. The van der Waals surface area contributed by atoms with Crippen LogP contribution in [0.15, 0.2) is 24.3 Å². The van der Waals surface area contributed by atoms with E-state index in [-0.39, 0.29) is 12.3 Å². The molecule has 8 heteroatoms. The Bertz CT molecular complexity index is 761. The first-order valence-corrected chi connectivity index (χ1v) is 8.28. The summed E-state index contributed by atoms with van der Waals surface area (Å²) in [5, 5.41) is 14.4. The average Bonchev–Trinajstić information content (AvgIpc) is 2.92. The van der Waals surface area contributed by atoms with E-state index < -0.39 is 22.4 Å². The van der Waals surface area contributed by atoms with Crippen LogP contribution in [0.25, 0.3) is 0 Å². The second-order valence-electron chi connectivity index (χ2n) is 4.97. The summed E-state index contributed by atoms with van der Waals surface area (Å²) in [6.07, 6.45) is 1.68. The molecule has 0 aliphatic carbocycles. The molecule has 1 aromatic carbocycles. The number of halogens is 1. The van der Waals surface area contributed by atoms with Gasteiger partial charge < -0.3 is 10.1 Å². The third-order valence-corrected chi connectivity index (χ3v) is 4.29. The van der Waals surface area contributed by atoms with E-state index in [0.29, 0.717) is 10.6 Å². The maximum Gasteiger partial charge on any atom is 0.341 e. The first-order valence-electron chi connectivity index (χ1n) is 7.47. The molecule has 0 saturated carbocycles. The summed E-state index contributed by atoms with van der Waals surface area (Å²) < 4.78 is 18.3. The van der Waals surface area contributed by atoms with Crippen molar-refractivity contribution in [1.29, 1.82) is 0 Å². The third kappa shape index (κ3) is 4.08. The summed E-state index contributed by atoms with van der Waals surface area (Å²) in [6.45, 7) is 3.95. The Morgan fingerprint density at radius 3 is 2.75 bits per heavy atom. The van der Waals surface area contributed by atoms with Crippen LogP contribution in [0.2, 0.25) is 0 Å². The van der Waals surface area contributed by atoms with E-state index in [9.17, 15) is 19.3 Å². The minimum absolute atomic E-state index is 0.122. The summed E-state index contributed by atoms with van der Waals surface area (Å²) in [5.74, 6) is -1.20. The maximum absolute atomic E-state index is 13.3. The molecule has 0 saturated heterocycles. The quantitative estimate of drug-likeness (QED) is 0.445. The van der Waals surface area contributed by atoms with Crippen molar-refractivity contribution >= 4 is 33.7 Å². The zero-order valence-electron chi connectivity index (χ0n) is 13.3. The molecule has 1 N–H and O–H groups in total. The number of benzene rings is 1. The number of nitro groups is 1. The summed E-state index contributed by atoms with van der Waals surface area (Å²) in [7, 11) is 0. The number of thiophene rings is 1. The predicted molar refractivity (Wildman–Crippen MR) is 90.6 cm³/mol. The van der Waals surface area contributed by atoms with Gasteiger partial charge >= 0.3 is 5.97 Å². The maximum atomic E-state index is 13.3. The first kappa shape index (κ1) is 17.9. The fourth-order valence-electron chi connectivity index (χ4n) is 2.15. The lowest BCUT2D eigenvalue weighted by Gasteiger charge is -2.07. The Kier molecular flexibility index (Phi) is 5.86. The molecule has 1 heterocycles. The van der Waals surface area contributed by atoms with Crippen molar-refractivity contribution in [3.63, 3.8) is 0 Å². The van der Waals surface area contributed by atoms with Gasteiger partial charge in [-0.25, -0.2) is 9.18 Å². The number of rotatable bonds is 7. The zero-order chi connectivity index (χ0) is 17.7. The molecule has 0 fully saturated rings. The van der Waals surface area contributed by atoms with Gasteiger partial charge in [0, 0.05) is 4.88 Å². The lowest BCUT2D eigenvalue weighted by Crippen LogP contribution is -2.06. The van der Waals surface area contributed by atoms with Crippen molar-refractivity contribution in [2.24, 2.45) is 0 Å². The highest BCUT2D eigenvalue weighted by Crippen LogP contribution is 2.35. The largest absolute Gasteiger partial charge is 0.462 e. The number of hydrogen-bond donors (Lipinski definition) is 1. The normalized spacial score (nSPS) is 10.5. The summed E-state index contributed by atoms with van der Waals surface area (Å²) in [6, 6.07) is 4.97. The van der Waals surface area contributed by atoms with E-state index in [1.165, 1.54) is 17.4 Å². The van der Waals surface area contributed by atoms with Crippen molar-refractivity contribution in [2.75, 3.05) is 11.9 Å². The van der Waals surface area contributed by atoms with Gasteiger partial charge in [0.2, 0.25) is 0 Å². The molecule has 24 heavy (non-hydrogen) atoms. The zero-order valence-corrected chi connectivity index (χ0v) is 14.1.